The highest BCUT2D eigenvalue weighted by Gasteiger charge is 2.30. The van der Waals surface area contributed by atoms with Crippen LogP contribution < -0.4 is 0 Å². The summed E-state index contributed by atoms with van der Waals surface area (Å²) >= 11 is 0. The minimum absolute atomic E-state index is 0.266. The van der Waals surface area contributed by atoms with Gasteiger partial charge in [0.25, 0.3) is 0 Å². The van der Waals surface area contributed by atoms with Gasteiger partial charge in [0, 0.05) is 30.9 Å². The van der Waals surface area contributed by atoms with E-state index in [0.717, 1.165) is 31.4 Å². The molecule has 7 heteroatoms. The highest BCUT2D eigenvalue weighted by Crippen LogP contribution is 2.31. The Morgan fingerprint density at radius 1 is 1.13 bits per heavy atom. The van der Waals surface area contributed by atoms with Crippen LogP contribution >= 0.6 is 0 Å². The van der Waals surface area contributed by atoms with Gasteiger partial charge in [-0.25, -0.2) is 4.98 Å². The van der Waals surface area contributed by atoms with Gasteiger partial charge in [0.15, 0.2) is 0 Å². The largest absolute Gasteiger partial charge is 0.416 e. The number of carbonyl (C=O) groups is 1. The number of carbonyl (C=O) groups excluding carboxylic acids is 1. The summed E-state index contributed by atoms with van der Waals surface area (Å²) in [5, 5.41) is 0. The van der Waals surface area contributed by atoms with Crippen molar-refractivity contribution in [2.75, 3.05) is 13.1 Å². The molecule has 2 heterocycles. The van der Waals surface area contributed by atoms with Gasteiger partial charge < -0.3 is 9.47 Å². The fraction of sp³-hybridized carbons (Fsp3) is 0.375. The number of halogens is 3. The second-order valence-electron chi connectivity index (χ2n) is 5.65. The lowest BCUT2D eigenvalue weighted by molar-refractivity contribution is -0.137. The van der Waals surface area contributed by atoms with Gasteiger partial charge in [-0.15, -0.1) is 0 Å². The fourth-order valence-corrected chi connectivity index (χ4v) is 2.80. The Kier molecular flexibility index (Phi) is 4.11. The van der Waals surface area contributed by atoms with Crippen LogP contribution in [0.15, 0.2) is 36.8 Å². The lowest BCUT2D eigenvalue weighted by Crippen LogP contribution is -2.33. The number of aromatic nitrogens is 2. The Morgan fingerprint density at radius 3 is 2.35 bits per heavy atom. The molecule has 0 aliphatic carbocycles. The molecule has 0 bridgehead atoms. The summed E-state index contributed by atoms with van der Waals surface area (Å²) in [5.41, 5.74) is 0.639. The first-order chi connectivity index (χ1) is 11.0. The van der Waals surface area contributed by atoms with E-state index < -0.39 is 11.7 Å². The van der Waals surface area contributed by atoms with Crippen LogP contribution in [-0.4, -0.2) is 34.0 Å². The molecule has 23 heavy (non-hydrogen) atoms. The average Bonchev–Trinajstić information content (AvgIpc) is 3.04. The van der Waals surface area contributed by atoms with Crippen molar-refractivity contribution < 1.29 is 18.0 Å². The van der Waals surface area contributed by atoms with Gasteiger partial charge in [0.1, 0.15) is 0 Å². The molecule has 1 fully saturated rings. The van der Waals surface area contributed by atoms with E-state index in [1.807, 2.05) is 10.8 Å². The van der Waals surface area contributed by atoms with Crippen LogP contribution in [-0.2, 0) is 11.0 Å². The van der Waals surface area contributed by atoms with Gasteiger partial charge >= 0.3 is 6.18 Å². The maximum absolute atomic E-state index is 12.6. The minimum atomic E-state index is -4.33. The van der Waals surface area contributed by atoms with Gasteiger partial charge in [-0.05, 0) is 25.0 Å². The van der Waals surface area contributed by atoms with Crippen molar-refractivity contribution in [1.82, 2.24) is 14.5 Å². The predicted octanol–water partition coefficient (Wildman–Crippen LogP) is 3.36. The highest BCUT2D eigenvalue weighted by atomic mass is 19.4. The zero-order valence-electron chi connectivity index (χ0n) is 12.3. The normalized spacial score (nSPS) is 16.6. The molecule has 0 saturated carbocycles. The Hall–Kier alpha value is -2.31. The predicted molar refractivity (Wildman–Crippen MR) is 78.6 cm³/mol. The van der Waals surface area contributed by atoms with Crippen molar-refractivity contribution in [3.63, 3.8) is 0 Å². The van der Waals surface area contributed by atoms with Crippen LogP contribution in [0.3, 0.4) is 0 Å². The highest BCUT2D eigenvalue weighted by molar-refractivity contribution is 5.58. The molecule has 1 aliphatic rings. The number of alkyl halides is 3. The lowest BCUT2D eigenvalue weighted by atomic mass is 10.1. The average molecular weight is 323 g/mol. The molecule has 1 aromatic heterocycles. The standard InChI is InChI=1S/C16H16F3N3O/c17-16(18,19)13-3-1-12(2-4-13)15-9-22(10-20-15)14-5-7-21(11-23)8-6-14/h1-4,9-11,14H,5-8H2. The first kappa shape index (κ1) is 15.6. The number of amides is 1. The molecule has 2 aromatic rings. The Bertz CT molecular complexity index is 671. The van der Waals surface area contributed by atoms with Crippen molar-refractivity contribution in [2.45, 2.75) is 25.1 Å². The van der Waals surface area contributed by atoms with Crippen LogP contribution in [0.25, 0.3) is 11.3 Å². The number of nitrogens with zero attached hydrogens (tertiary/aromatic N) is 3. The molecule has 0 N–H and O–H groups in total. The summed E-state index contributed by atoms with van der Waals surface area (Å²) in [4.78, 5) is 16.7. The third-order valence-electron chi connectivity index (χ3n) is 4.18. The third-order valence-corrected chi connectivity index (χ3v) is 4.18. The minimum Gasteiger partial charge on any atom is -0.345 e. The molecular formula is C16H16F3N3O. The van der Waals surface area contributed by atoms with E-state index in [9.17, 15) is 18.0 Å². The maximum Gasteiger partial charge on any atom is 0.416 e. The van der Waals surface area contributed by atoms with Crippen molar-refractivity contribution in [3.8, 4) is 11.3 Å². The smallest absolute Gasteiger partial charge is 0.345 e. The van der Waals surface area contributed by atoms with Crippen LogP contribution in [0, 0.1) is 0 Å². The van der Waals surface area contributed by atoms with E-state index in [4.69, 9.17) is 0 Å². The van der Waals surface area contributed by atoms with Crippen molar-refractivity contribution in [3.05, 3.63) is 42.4 Å². The summed E-state index contributed by atoms with van der Waals surface area (Å²) in [6, 6.07) is 5.27. The van der Waals surface area contributed by atoms with E-state index in [-0.39, 0.29) is 6.04 Å². The monoisotopic (exact) mass is 323 g/mol. The molecule has 0 radical (unpaired) electrons. The van der Waals surface area contributed by atoms with Crippen molar-refractivity contribution in [1.29, 1.82) is 0 Å². The van der Waals surface area contributed by atoms with Crippen molar-refractivity contribution in [2.24, 2.45) is 0 Å². The van der Waals surface area contributed by atoms with E-state index in [1.54, 1.807) is 11.2 Å². The molecule has 1 aromatic carbocycles. The van der Waals surface area contributed by atoms with E-state index in [2.05, 4.69) is 4.98 Å². The molecule has 0 unspecified atom stereocenters. The number of imidazole rings is 1. The number of hydrogen-bond acceptors (Lipinski definition) is 2. The molecule has 1 aliphatic heterocycles. The molecule has 122 valence electrons. The molecule has 4 nitrogen and oxygen atoms in total. The quantitative estimate of drug-likeness (QED) is 0.812. The van der Waals surface area contributed by atoms with Crippen LogP contribution in [0.1, 0.15) is 24.4 Å². The zero-order chi connectivity index (χ0) is 16.4. The first-order valence-corrected chi connectivity index (χ1v) is 7.38. The topological polar surface area (TPSA) is 38.1 Å². The number of piperidine rings is 1. The van der Waals surface area contributed by atoms with Gasteiger partial charge in [-0.3, -0.25) is 4.79 Å². The van der Waals surface area contributed by atoms with Crippen LogP contribution in [0.4, 0.5) is 13.2 Å². The molecule has 0 atom stereocenters. The van der Waals surface area contributed by atoms with Gasteiger partial charge in [0.05, 0.1) is 17.6 Å². The first-order valence-electron chi connectivity index (χ1n) is 7.38. The SMILES string of the molecule is O=CN1CCC(n2cnc(-c3ccc(C(F)(F)F)cc3)c2)CC1. The fourth-order valence-electron chi connectivity index (χ4n) is 2.80. The van der Waals surface area contributed by atoms with Gasteiger partial charge in [-0.1, -0.05) is 12.1 Å². The maximum atomic E-state index is 12.6. The Morgan fingerprint density at radius 2 is 1.78 bits per heavy atom. The van der Waals surface area contributed by atoms with Crippen LogP contribution in [0.2, 0.25) is 0 Å². The Labute approximate surface area is 131 Å². The summed E-state index contributed by atoms with van der Waals surface area (Å²) in [6.45, 7) is 1.42. The molecular weight excluding hydrogens is 307 g/mol. The van der Waals surface area contributed by atoms with E-state index in [1.165, 1.54) is 12.1 Å². The second kappa shape index (κ2) is 6.06. The van der Waals surface area contributed by atoms with E-state index >= 15 is 0 Å². The molecule has 1 saturated heterocycles. The zero-order valence-corrected chi connectivity index (χ0v) is 12.3. The summed E-state index contributed by atoms with van der Waals surface area (Å²) < 4.78 is 39.7. The number of likely N-dealkylation sites (tertiary alicyclic amines) is 1. The van der Waals surface area contributed by atoms with Gasteiger partial charge in [-0.2, -0.15) is 13.2 Å². The number of rotatable bonds is 3. The van der Waals surface area contributed by atoms with Gasteiger partial charge in [0.2, 0.25) is 6.41 Å². The molecule has 1 amide bonds. The summed E-state index contributed by atoms with van der Waals surface area (Å²) in [5.74, 6) is 0. The molecule has 0 spiro atoms. The summed E-state index contributed by atoms with van der Waals surface area (Å²) in [6.07, 6.45) is 1.78. The number of hydrogen-bond donors (Lipinski definition) is 0. The van der Waals surface area contributed by atoms with Crippen molar-refractivity contribution >= 4 is 6.41 Å². The Balaban J connectivity index is 1.73. The molecule has 3 rings (SSSR count). The summed E-state index contributed by atoms with van der Waals surface area (Å²) in [7, 11) is 0. The van der Waals surface area contributed by atoms with Crippen LogP contribution in [0.5, 0.6) is 0 Å². The third kappa shape index (κ3) is 3.38. The van der Waals surface area contributed by atoms with E-state index in [0.29, 0.717) is 24.3 Å². The lowest BCUT2D eigenvalue weighted by Gasteiger charge is -2.29. The number of benzene rings is 1. The second-order valence-corrected chi connectivity index (χ2v) is 5.65.